The first kappa shape index (κ1) is 15.4. The minimum absolute atomic E-state index is 0.0151. The Morgan fingerprint density at radius 3 is 2.61 bits per heavy atom. The van der Waals surface area contributed by atoms with Gasteiger partial charge in [0.15, 0.2) is 5.03 Å². The quantitative estimate of drug-likeness (QED) is 0.811. The van der Waals surface area contributed by atoms with Crippen LogP contribution in [0.3, 0.4) is 0 Å². The molecule has 0 aromatic carbocycles. The van der Waals surface area contributed by atoms with Gasteiger partial charge in [0.05, 0.1) is 11.2 Å². The average Bonchev–Trinajstić information content (AvgIpc) is 2.56. The van der Waals surface area contributed by atoms with Gasteiger partial charge in [-0.1, -0.05) is 25.4 Å². The van der Waals surface area contributed by atoms with Gasteiger partial charge >= 0.3 is 0 Å². The average molecular weight is 296 g/mol. The fraction of sp³-hybridized carbons (Fsp3) is 0.700. The summed E-state index contributed by atoms with van der Waals surface area (Å²) in [5.41, 5.74) is -0.326. The maximum atomic E-state index is 12.1. The molecule has 0 aliphatic rings. The lowest BCUT2D eigenvalue weighted by Gasteiger charge is -2.23. The Balaban J connectivity index is 2.84. The SMILES string of the molecule is Cn1ncc(Cl)c1S(=O)(=O)NCC(C)(C)CCO. The molecule has 0 bridgehead atoms. The van der Waals surface area contributed by atoms with Crippen molar-refractivity contribution in [2.75, 3.05) is 13.2 Å². The van der Waals surface area contributed by atoms with Crippen molar-refractivity contribution < 1.29 is 13.5 Å². The number of nitrogens with zero attached hydrogens (tertiary/aromatic N) is 2. The van der Waals surface area contributed by atoms with Crippen LogP contribution in [-0.4, -0.2) is 36.5 Å². The molecule has 1 aromatic heterocycles. The first-order valence-electron chi connectivity index (χ1n) is 5.48. The number of hydrogen-bond donors (Lipinski definition) is 2. The van der Waals surface area contributed by atoms with E-state index in [0.717, 1.165) is 0 Å². The summed E-state index contributed by atoms with van der Waals surface area (Å²) in [6.45, 7) is 3.98. The largest absolute Gasteiger partial charge is 0.396 e. The van der Waals surface area contributed by atoms with Crippen LogP contribution in [0.4, 0.5) is 0 Å². The minimum atomic E-state index is -3.69. The Hall–Kier alpha value is -0.630. The summed E-state index contributed by atoms with van der Waals surface area (Å²) in [6.07, 6.45) is 1.80. The molecule has 1 rings (SSSR count). The number of aliphatic hydroxyl groups is 1. The van der Waals surface area contributed by atoms with E-state index in [4.69, 9.17) is 16.7 Å². The number of hydrogen-bond acceptors (Lipinski definition) is 4. The zero-order valence-electron chi connectivity index (χ0n) is 10.6. The van der Waals surface area contributed by atoms with Gasteiger partial charge in [0.2, 0.25) is 0 Å². The van der Waals surface area contributed by atoms with Crippen molar-refractivity contribution in [2.24, 2.45) is 12.5 Å². The highest BCUT2D eigenvalue weighted by Crippen LogP contribution is 2.22. The Kier molecular flexibility index (Phi) is 4.77. The van der Waals surface area contributed by atoms with E-state index >= 15 is 0 Å². The van der Waals surface area contributed by atoms with Crippen LogP contribution in [0.1, 0.15) is 20.3 Å². The first-order valence-corrected chi connectivity index (χ1v) is 7.34. The van der Waals surface area contributed by atoms with Crippen LogP contribution in [-0.2, 0) is 17.1 Å². The maximum absolute atomic E-state index is 12.1. The van der Waals surface area contributed by atoms with Gasteiger partial charge in [-0.15, -0.1) is 0 Å². The van der Waals surface area contributed by atoms with E-state index in [1.54, 1.807) is 0 Å². The zero-order chi connectivity index (χ0) is 14.0. The fourth-order valence-corrected chi connectivity index (χ4v) is 3.34. The molecule has 104 valence electrons. The molecule has 0 atom stereocenters. The lowest BCUT2D eigenvalue weighted by Crippen LogP contribution is -2.35. The summed E-state index contributed by atoms with van der Waals surface area (Å²) in [5.74, 6) is 0. The molecule has 1 aromatic rings. The van der Waals surface area contributed by atoms with E-state index in [1.165, 1.54) is 17.9 Å². The third kappa shape index (κ3) is 3.68. The van der Waals surface area contributed by atoms with Gasteiger partial charge in [-0.25, -0.2) is 13.1 Å². The molecule has 0 unspecified atom stereocenters. The molecule has 0 fully saturated rings. The van der Waals surface area contributed by atoms with E-state index in [0.29, 0.717) is 6.42 Å². The first-order chi connectivity index (χ1) is 8.19. The van der Waals surface area contributed by atoms with E-state index in [1.807, 2.05) is 13.8 Å². The normalized spacial score (nSPS) is 12.9. The number of aliphatic hydroxyl groups excluding tert-OH is 1. The van der Waals surface area contributed by atoms with Gasteiger partial charge in [0, 0.05) is 20.2 Å². The maximum Gasteiger partial charge on any atom is 0.259 e. The summed E-state index contributed by atoms with van der Waals surface area (Å²) in [6, 6.07) is 0. The monoisotopic (exact) mass is 295 g/mol. The lowest BCUT2D eigenvalue weighted by atomic mass is 9.90. The standard InChI is InChI=1S/C10H18ClN3O3S/c1-10(2,4-5-15)7-13-18(16,17)9-8(11)6-12-14(9)3/h6,13,15H,4-5,7H2,1-3H3. The highest BCUT2D eigenvalue weighted by molar-refractivity contribution is 7.89. The Labute approximate surface area is 112 Å². The molecule has 2 N–H and O–H groups in total. The van der Waals surface area contributed by atoms with Crippen molar-refractivity contribution in [3.05, 3.63) is 11.2 Å². The van der Waals surface area contributed by atoms with E-state index in [2.05, 4.69) is 9.82 Å². The smallest absolute Gasteiger partial charge is 0.259 e. The predicted molar refractivity (Wildman–Crippen MR) is 68.9 cm³/mol. The van der Waals surface area contributed by atoms with Crippen molar-refractivity contribution in [1.29, 1.82) is 0 Å². The second-order valence-electron chi connectivity index (χ2n) is 4.88. The molecule has 0 aliphatic heterocycles. The van der Waals surface area contributed by atoms with Crippen molar-refractivity contribution in [3.63, 3.8) is 0 Å². The summed E-state index contributed by atoms with van der Waals surface area (Å²) in [7, 11) is -2.18. The molecule has 0 radical (unpaired) electrons. The zero-order valence-corrected chi connectivity index (χ0v) is 12.2. The summed E-state index contributed by atoms with van der Waals surface area (Å²) < 4.78 is 27.8. The molecule has 0 spiro atoms. The third-order valence-corrected chi connectivity index (χ3v) is 4.53. The van der Waals surface area contributed by atoms with Gasteiger partial charge < -0.3 is 5.11 Å². The molecule has 8 heteroatoms. The molecule has 0 saturated carbocycles. The molecule has 0 saturated heterocycles. The van der Waals surface area contributed by atoms with Crippen molar-refractivity contribution in [1.82, 2.24) is 14.5 Å². The van der Waals surface area contributed by atoms with E-state index < -0.39 is 10.0 Å². The summed E-state index contributed by atoms with van der Waals surface area (Å²) >= 11 is 5.80. The highest BCUT2D eigenvalue weighted by Gasteiger charge is 2.26. The molecule has 1 heterocycles. The van der Waals surface area contributed by atoms with E-state index in [9.17, 15) is 8.42 Å². The van der Waals surface area contributed by atoms with Crippen LogP contribution < -0.4 is 4.72 Å². The van der Waals surface area contributed by atoms with Gasteiger partial charge in [-0.2, -0.15) is 5.10 Å². The summed E-state index contributed by atoms with van der Waals surface area (Å²) in [4.78, 5) is 0. The molecular formula is C10H18ClN3O3S. The molecule has 6 nitrogen and oxygen atoms in total. The van der Waals surface area contributed by atoms with Gasteiger partial charge in [-0.3, -0.25) is 4.68 Å². The van der Waals surface area contributed by atoms with Crippen LogP contribution in [0, 0.1) is 5.41 Å². The predicted octanol–water partition coefficient (Wildman–Crippen LogP) is 0.760. The summed E-state index contributed by atoms with van der Waals surface area (Å²) in [5, 5.41) is 12.7. The minimum Gasteiger partial charge on any atom is -0.396 e. The fourth-order valence-electron chi connectivity index (χ4n) is 1.45. The van der Waals surface area contributed by atoms with Gasteiger partial charge in [0.1, 0.15) is 0 Å². The van der Waals surface area contributed by atoms with Crippen LogP contribution in [0.15, 0.2) is 11.2 Å². The number of aromatic nitrogens is 2. The Morgan fingerprint density at radius 2 is 2.17 bits per heavy atom. The lowest BCUT2D eigenvalue weighted by molar-refractivity contribution is 0.213. The van der Waals surface area contributed by atoms with Crippen LogP contribution in [0.2, 0.25) is 5.02 Å². The van der Waals surface area contributed by atoms with Gasteiger partial charge in [-0.05, 0) is 11.8 Å². The van der Waals surface area contributed by atoms with Crippen molar-refractivity contribution in [2.45, 2.75) is 25.3 Å². The number of sulfonamides is 1. The van der Waals surface area contributed by atoms with Crippen LogP contribution in [0.25, 0.3) is 0 Å². The van der Waals surface area contributed by atoms with Gasteiger partial charge in [0.25, 0.3) is 10.0 Å². The van der Waals surface area contributed by atoms with Crippen molar-refractivity contribution >= 4 is 21.6 Å². The second kappa shape index (κ2) is 5.56. The molecular weight excluding hydrogens is 278 g/mol. The molecule has 0 aliphatic carbocycles. The topological polar surface area (TPSA) is 84.2 Å². The van der Waals surface area contributed by atoms with Crippen LogP contribution >= 0.6 is 11.6 Å². The number of halogens is 1. The third-order valence-electron chi connectivity index (χ3n) is 2.63. The number of aryl methyl sites for hydroxylation is 1. The van der Waals surface area contributed by atoms with Crippen molar-refractivity contribution in [3.8, 4) is 0 Å². The van der Waals surface area contributed by atoms with Crippen LogP contribution in [0.5, 0.6) is 0 Å². The number of nitrogens with one attached hydrogen (secondary N) is 1. The van der Waals surface area contributed by atoms with E-state index in [-0.39, 0.29) is 28.6 Å². The Morgan fingerprint density at radius 1 is 1.56 bits per heavy atom. The highest BCUT2D eigenvalue weighted by atomic mass is 35.5. The molecule has 0 amide bonds. The second-order valence-corrected chi connectivity index (χ2v) is 6.97. The number of rotatable bonds is 6. The molecule has 18 heavy (non-hydrogen) atoms. The Bertz CT molecular complexity index is 491.